The van der Waals surface area contributed by atoms with Crippen LogP contribution in [0, 0.1) is 5.92 Å². The molecule has 2 heterocycles. The van der Waals surface area contributed by atoms with E-state index in [-0.39, 0.29) is 24.2 Å². The van der Waals surface area contributed by atoms with Crippen molar-refractivity contribution in [3.8, 4) is 0 Å². The molecule has 1 unspecified atom stereocenters. The monoisotopic (exact) mass is 260 g/mol. The second kappa shape index (κ2) is 6.23. The third-order valence-corrected chi connectivity index (χ3v) is 3.57. The van der Waals surface area contributed by atoms with E-state index >= 15 is 0 Å². The van der Waals surface area contributed by atoms with Crippen LogP contribution in [0.4, 0.5) is 0 Å². The van der Waals surface area contributed by atoms with Crippen LogP contribution in [-0.4, -0.2) is 25.5 Å². The highest BCUT2D eigenvalue weighted by Crippen LogP contribution is 2.18. The normalized spacial score (nSPS) is 17.1. The second-order valence-corrected chi connectivity index (χ2v) is 4.83. The number of amides is 1. The molecule has 1 aliphatic heterocycles. The maximum atomic E-state index is 11.8. The number of halogens is 1. The predicted molar refractivity (Wildman–Crippen MR) is 69.4 cm³/mol. The Morgan fingerprint density at radius 2 is 2.44 bits per heavy atom. The van der Waals surface area contributed by atoms with E-state index in [4.69, 9.17) is 0 Å². The molecular formula is C11H17ClN2OS. The summed E-state index contributed by atoms with van der Waals surface area (Å²) in [5, 5.41) is 10.2. The SMILES string of the molecule is CC(C(=O)NCC1CNC1)c1ccsc1.Cl. The van der Waals surface area contributed by atoms with Crippen LogP contribution in [0.1, 0.15) is 18.4 Å². The fraction of sp³-hybridized carbons (Fsp3) is 0.545. The summed E-state index contributed by atoms with van der Waals surface area (Å²) < 4.78 is 0. The van der Waals surface area contributed by atoms with Gasteiger partial charge in [0.2, 0.25) is 5.91 Å². The molecule has 0 aromatic carbocycles. The second-order valence-electron chi connectivity index (χ2n) is 4.05. The minimum absolute atomic E-state index is 0. The van der Waals surface area contributed by atoms with Crippen molar-refractivity contribution in [1.82, 2.24) is 10.6 Å². The van der Waals surface area contributed by atoms with Crippen LogP contribution >= 0.6 is 23.7 Å². The molecule has 3 nitrogen and oxygen atoms in total. The van der Waals surface area contributed by atoms with Gasteiger partial charge in [0.15, 0.2) is 0 Å². The van der Waals surface area contributed by atoms with E-state index in [0.29, 0.717) is 5.92 Å². The van der Waals surface area contributed by atoms with Crippen molar-refractivity contribution in [2.75, 3.05) is 19.6 Å². The molecule has 16 heavy (non-hydrogen) atoms. The average molecular weight is 261 g/mol. The first-order valence-corrected chi connectivity index (χ1v) is 6.22. The Hall–Kier alpha value is -0.580. The van der Waals surface area contributed by atoms with Gasteiger partial charge in [-0.2, -0.15) is 11.3 Å². The number of hydrogen-bond acceptors (Lipinski definition) is 3. The molecule has 1 atom stereocenters. The van der Waals surface area contributed by atoms with Crippen LogP contribution in [0.2, 0.25) is 0 Å². The summed E-state index contributed by atoms with van der Waals surface area (Å²) in [7, 11) is 0. The Morgan fingerprint density at radius 3 is 2.94 bits per heavy atom. The van der Waals surface area contributed by atoms with Gasteiger partial charge >= 0.3 is 0 Å². The summed E-state index contributed by atoms with van der Waals surface area (Å²) >= 11 is 1.64. The van der Waals surface area contributed by atoms with Crippen LogP contribution < -0.4 is 10.6 Å². The van der Waals surface area contributed by atoms with Crippen molar-refractivity contribution in [3.63, 3.8) is 0 Å². The molecule has 0 spiro atoms. The molecule has 1 amide bonds. The smallest absolute Gasteiger partial charge is 0.227 e. The molecule has 1 aromatic heterocycles. The van der Waals surface area contributed by atoms with E-state index < -0.39 is 0 Å². The van der Waals surface area contributed by atoms with Crippen LogP contribution in [0.5, 0.6) is 0 Å². The standard InChI is InChI=1S/C11H16N2OS.ClH/c1-8(10-2-3-15-7-10)11(14)13-6-9-4-12-5-9;/h2-3,7-9,12H,4-6H2,1H3,(H,13,14);1H. The van der Waals surface area contributed by atoms with Crippen molar-refractivity contribution in [1.29, 1.82) is 0 Å². The van der Waals surface area contributed by atoms with Crippen molar-refractivity contribution < 1.29 is 4.79 Å². The van der Waals surface area contributed by atoms with Gasteiger partial charge in [0.25, 0.3) is 0 Å². The molecule has 1 aliphatic rings. The summed E-state index contributed by atoms with van der Waals surface area (Å²) in [6.45, 7) is 4.83. The topological polar surface area (TPSA) is 41.1 Å². The molecule has 0 aliphatic carbocycles. The summed E-state index contributed by atoms with van der Waals surface area (Å²) in [4.78, 5) is 11.8. The number of nitrogens with one attached hydrogen (secondary N) is 2. The van der Waals surface area contributed by atoms with Crippen molar-refractivity contribution in [3.05, 3.63) is 22.4 Å². The summed E-state index contributed by atoms with van der Waals surface area (Å²) in [6.07, 6.45) is 0. The van der Waals surface area contributed by atoms with E-state index in [1.807, 2.05) is 23.8 Å². The minimum atomic E-state index is -0.0238. The molecule has 0 bridgehead atoms. The Kier molecular flexibility index (Phi) is 5.25. The maximum Gasteiger partial charge on any atom is 0.227 e. The lowest BCUT2D eigenvalue weighted by Gasteiger charge is -2.27. The largest absolute Gasteiger partial charge is 0.355 e. The van der Waals surface area contributed by atoms with Gasteiger partial charge < -0.3 is 10.6 Å². The Labute approximate surface area is 106 Å². The van der Waals surface area contributed by atoms with Gasteiger partial charge in [-0.15, -0.1) is 12.4 Å². The number of carbonyl (C=O) groups is 1. The van der Waals surface area contributed by atoms with Crippen molar-refractivity contribution in [2.45, 2.75) is 12.8 Å². The zero-order chi connectivity index (χ0) is 10.7. The van der Waals surface area contributed by atoms with Gasteiger partial charge in [0, 0.05) is 25.6 Å². The van der Waals surface area contributed by atoms with E-state index in [0.717, 1.165) is 25.2 Å². The molecular weight excluding hydrogens is 244 g/mol. The molecule has 0 radical (unpaired) electrons. The van der Waals surface area contributed by atoms with Crippen molar-refractivity contribution in [2.24, 2.45) is 5.92 Å². The predicted octanol–water partition coefficient (Wildman–Crippen LogP) is 1.61. The quantitative estimate of drug-likeness (QED) is 0.864. The molecule has 1 saturated heterocycles. The third kappa shape index (κ3) is 3.20. The van der Waals surface area contributed by atoms with Gasteiger partial charge in [-0.1, -0.05) is 0 Å². The van der Waals surface area contributed by atoms with Crippen LogP contribution in [0.15, 0.2) is 16.8 Å². The molecule has 0 saturated carbocycles. The van der Waals surface area contributed by atoms with Gasteiger partial charge in [-0.25, -0.2) is 0 Å². The lowest BCUT2D eigenvalue weighted by molar-refractivity contribution is -0.122. The van der Waals surface area contributed by atoms with E-state index in [2.05, 4.69) is 10.6 Å². The Balaban J connectivity index is 0.00000128. The third-order valence-electron chi connectivity index (χ3n) is 2.87. The zero-order valence-electron chi connectivity index (χ0n) is 9.23. The lowest BCUT2D eigenvalue weighted by Crippen LogP contribution is -2.48. The molecule has 5 heteroatoms. The lowest BCUT2D eigenvalue weighted by atomic mass is 10.0. The molecule has 1 fully saturated rings. The van der Waals surface area contributed by atoms with Gasteiger partial charge in [-0.05, 0) is 29.3 Å². The number of thiophene rings is 1. The first-order valence-electron chi connectivity index (χ1n) is 5.28. The first kappa shape index (κ1) is 13.5. The van der Waals surface area contributed by atoms with Crippen LogP contribution in [0.25, 0.3) is 0 Å². The summed E-state index contributed by atoms with van der Waals surface area (Å²) in [5.74, 6) is 0.744. The fourth-order valence-corrected chi connectivity index (χ4v) is 2.32. The first-order chi connectivity index (χ1) is 7.27. The van der Waals surface area contributed by atoms with E-state index in [9.17, 15) is 4.79 Å². The van der Waals surface area contributed by atoms with E-state index in [1.54, 1.807) is 11.3 Å². The Morgan fingerprint density at radius 1 is 1.69 bits per heavy atom. The van der Waals surface area contributed by atoms with Crippen LogP contribution in [0.3, 0.4) is 0 Å². The van der Waals surface area contributed by atoms with Crippen LogP contribution in [-0.2, 0) is 4.79 Å². The number of hydrogen-bond donors (Lipinski definition) is 2. The molecule has 2 rings (SSSR count). The van der Waals surface area contributed by atoms with Crippen molar-refractivity contribution >= 4 is 29.7 Å². The molecule has 2 N–H and O–H groups in total. The molecule has 90 valence electrons. The maximum absolute atomic E-state index is 11.8. The highest BCUT2D eigenvalue weighted by Gasteiger charge is 2.20. The number of carbonyl (C=O) groups excluding carboxylic acids is 1. The number of rotatable bonds is 4. The summed E-state index contributed by atoms with van der Waals surface area (Å²) in [6, 6.07) is 2.01. The minimum Gasteiger partial charge on any atom is -0.355 e. The summed E-state index contributed by atoms with van der Waals surface area (Å²) in [5.41, 5.74) is 1.12. The molecule has 1 aromatic rings. The highest BCUT2D eigenvalue weighted by atomic mass is 35.5. The van der Waals surface area contributed by atoms with Gasteiger partial charge in [0.05, 0.1) is 5.92 Å². The Bertz CT molecular complexity index is 325. The van der Waals surface area contributed by atoms with E-state index in [1.165, 1.54) is 0 Å². The zero-order valence-corrected chi connectivity index (χ0v) is 10.9. The van der Waals surface area contributed by atoms with Gasteiger partial charge in [0.1, 0.15) is 0 Å². The fourth-order valence-electron chi connectivity index (χ4n) is 1.56. The average Bonchev–Trinajstić information content (AvgIpc) is 2.66. The highest BCUT2D eigenvalue weighted by molar-refractivity contribution is 7.08. The van der Waals surface area contributed by atoms with Gasteiger partial charge in [-0.3, -0.25) is 4.79 Å².